The number of aryl methyl sites for hydroxylation is 1. The van der Waals surface area contributed by atoms with Crippen molar-refractivity contribution in [1.29, 1.82) is 0 Å². The summed E-state index contributed by atoms with van der Waals surface area (Å²) in [6, 6.07) is 11.4. The van der Waals surface area contributed by atoms with Crippen molar-refractivity contribution in [2.75, 3.05) is 13.2 Å². The summed E-state index contributed by atoms with van der Waals surface area (Å²) in [7, 11) is -3.69. The minimum absolute atomic E-state index is 0.0620. The number of nitrogens with one attached hydrogen (secondary N) is 1. The lowest BCUT2D eigenvalue weighted by atomic mass is 10.1. The number of carbonyl (C=O) groups is 1. The lowest BCUT2D eigenvalue weighted by Crippen LogP contribution is -2.30. The molecule has 6 nitrogen and oxygen atoms in total. The van der Waals surface area contributed by atoms with Gasteiger partial charge < -0.3 is 10.1 Å². The van der Waals surface area contributed by atoms with Crippen LogP contribution in [-0.4, -0.2) is 27.5 Å². The minimum Gasteiger partial charge on any atom is -0.484 e. The Morgan fingerprint density at radius 2 is 1.88 bits per heavy atom. The third-order valence-corrected chi connectivity index (χ3v) is 4.84. The number of amides is 1. The first-order chi connectivity index (χ1) is 11.8. The Kier molecular flexibility index (Phi) is 6.41. The first-order valence-corrected chi connectivity index (χ1v) is 9.45. The van der Waals surface area contributed by atoms with E-state index in [9.17, 15) is 13.2 Å². The fraction of sp³-hybridized carbons (Fsp3) is 0.235. The molecule has 0 spiro atoms. The van der Waals surface area contributed by atoms with E-state index in [0.29, 0.717) is 23.7 Å². The lowest BCUT2D eigenvalue weighted by molar-refractivity contribution is -0.123. The number of nitrogens with two attached hydrogens (primary N) is 1. The van der Waals surface area contributed by atoms with E-state index in [1.165, 1.54) is 12.1 Å². The summed E-state index contributed by atoms with van der Waals surface area (Å²) in [6.45, 7) is 2.18. The van der Waals surface area contributed by atoms with Gasteiger partial charge in [0.05, 0.1) is 4.90 Å². The van der Waals surface area contributed by atoms with Crippen molar-refractivity contribution in [3.63, 3.8) is 0 Å². The van der Waals surface area contributed by atoms with Crippen molar-refractivity contribution < 1.29 is 17.9 Å². The second-order valence-electron chi connectivity index (χ2n) is 5.49. The van der Waals surface area contributed by atoms with Gasteiger partial charge in [-0.05, 0) is 54.8 Å². The normalized spacial score (nSPS) is 11.2. The molecule has 0 unspecified atom stereocenters. The van der Waals surface area contributed by atoms with Gasteiger partial charge in [0.1, 0.15) is 5.75 Å². The highest BCUT2D eigenvalue weighted by Gasteiger charge is 2.07. The van der Waals surface area contributed by atoms with E-state index in [-0.39, 0.29) is 17.4 Å². The van der Waals surface area contributed by atoms with E-state index >= 15 is 0 Å². The highest BCUT2D eigenvalue weighted by molar-refractivity contribution is 7.89. The van der Waals surface area contributed by atoms with Crippen LogP contribution < -0.4 is 15.2 Å². The van der Waals surface area contributed by atoms with Gasteiger partial charge in [0, 0.05) is 11.6 Å². The van der Waals surface area contributed by atoms with Crippen LogP contribution in [0.1, 0.15) is 11.1 Å². The van der Waals surface area contributed by atoms with Crippen LogP contribution in [0, 0.1) is 6.92 Å². The Bertz CT molecular complexity index is 851. The van der Waals surface area contributed by atoms with Gasteiger partial charge in [0.25, 0.3) is 5.91 Å². The summed E-state index contributed by atoms with van der Waals surface area (Å²) in [4.78, 5) is 11.8. The molecule has 8 heteroatoms. The van der Waals surface area contributed by atoms with E-state index in [4.69, 9.17) is 21.5 Å². The van der Waals surface area contributed by atoms with Crippen molar-refractivity contribution in [3.8, 4) is 5.75 Å². The largest absolute Gasteiger partial charge is 0.484 e. The quantitative estimate of drug-likeness (QED) is 0.765. The molecule has 0 heterocycles. The number of primary sulfonamides is 1. The number of hydrogen-bond donors (Lipinski definition) is 2. The first-order valence-electron chi connectivity index (χ1n) is 7.53. The number of sulfonamides is 1. The van der Waals surface area contributed by atoms with Crippen molar-refractivity contribution >= 4 is 27.5 Å². The van der Waals surface area contributed by atoms with Gasteiger partial charge in [-0.3, -0.25) is 4.79 Å². The molecule has 1 amide bonds. The van der Waals surface area contributed by atoms with Gasteiger partial charge in [-0.15, -0.1) is 0 Å². The monoisotopic (exact) mass is 382 g/mol. The number of rotatable bonds is 7. The molecule has 0 bridgehead atoms. The maximum Gasteiger partial charge on any atom is 0.257 e. The van der Waals surface area contributed by atoms with Gasteiger partial charge in [-0.1, -0.05) is 23.7 Å². The molecule has 0 saturated heterocycles. The zero-order chi connectivity index (χ0) is 18.4. The Balaban J connectivity index is 1.75. The van der Waals surface area contributed by atoms with Crippen LogP contribution in [0.5, 0.6) is 5.75 Å². The average molecular weight is 383 g/mol. The molecule has 2 rings (SSSR count). The smallest absolute Gasteiger partial charge is 0.257 e. The molecule has 0 fully saturated rings. The molecule has 25 heavy (non-hydrogen) atoms. The average Bonchev–Trinajstić information content (AvgIpc) is 2.55. The van der Waals surface area contributed by atoms with Gasteiger partial charge in [0.15, 0.2) is 6.61 Å². The molecule has 0 aliphatic rings. The van der Waals surface area contributed by atoms with E-state index in [0.717, 1.165) is 11.1 Å². The van der Waals surface area contributed by atoms with E-state index in [2.05, 4.69) is 5.32 Å². The number of ether oxygens (including phenoxy) is 1. The molecule has 3 N–H and O–H groups in total. The van der Waals surface area contributed by atoms with Crippen LogP contribution >= 0.6 is 11.6 Å². The first kappa shape index (κ1) is 19.2. The fourth-order valence-electron chi connectivity index (χ4n) is 2.10. The highest BCUT2D eigenvalue weighted by Crippen LogP contribution is 2.20. The third-order valence-electron chi connectivity index (χ3n) is 3.49. The summed E-state index contributed by atoms with van der Waals surface area (Å²) < 4.78 is 27.8. The van der Waals surface area contributed by atoms with Gasteiger partial charge in [-0.2, -0.15) is 0 Å². The Hall–Kier alpha value is -2.09. The summed E-state index contributed by atoms with van der Waals surface area (Å²) in [5.74, 6) is 0.337. The summed E-state index contributed by atoms with van der Waals surface area (Å²) in [6.07, 6.45) is 0.566. The van der Waals surface area contributed by atoms with Gasteiger partial charge >= 0.3 is 0 Å². The molecule has 0 radical (unpaired) electrons. The van der Waals surface area contributed by atoms with Crippen molar-refractivity contribution in [1.82, 2.24) is 5.32 Å². The van der Waals surface area contributed by atoms with E-state index < -0.39 is 10.0 Å². The molecule has 2 aromatic rings. The molecule has 0 atom stereocenters. The number of carbonyl (C=O) groups excluding carboxylic acids is 1. The predicted molar refractivity (Wildman–Crippen MR) is 96.2 cm³/mol. The molecule has 0 aliphatic heterocycles. The van der Waals surface area contributed by atoms with Gasteiger partial charge in [0.2, 0.25) is 10.0 Å². The Morgan fingerprint density at radius 3 is 2.48 bits per heavy atom. The molecular weight excluding hydrogens is 364 g/mol. The van der Waals surface area contributed by atoms with Crippen LogP contribution in [0.15, 0.2) is 47.4 Å². The standard InChI is InChI=1S/C17H19ClN2O4S/c1-12-10-14(4-7-16(12)18)24-11-17(21)20-9-8-13-2-5-15(6-3-13)25(19,22)23/h2-7,10H,8-9,11H2,1H3,(H,20,21)(H2,19,22,23). The maximum atomic E-state index is 11.8. The lowest BCUT2D eigenvalue weighted by Gasteiger charge is -2.09. The van der Waals surface area contributed by atoms with Crippen LogP contribution in [0.4, 0.5) is 0 Å². The second kappa shape index (κ2) is 8.33. The Labute approximate surface area is 152 Å². The molecular formula is C17H19ClN2O4S. The predicted octanol–water partition coefficient (Wildman–Crippen LogP) is 2.03. The number of hydrogen-bond acceptors (Lipinski definition) is 4. The molecule has 0 saturated carbocycles. The summed E-state index contributed by atoms with van der Waals surface area (Å²) in [5.41, 5.74) is 1.77. The molecule has 2 aromatic carbocycles. The Morgan fingerprint density at radius 1 is 1.20 bits per heavy atom. The van der Waals surface area contributed by atoms with Crippen LogP contribution in [0.2, 0.25) is 5.02 Å². The third kappa shape index (κ3) is 6.04. The maximum absolute atomic E-state index is 11.8. The highest BCUT2D eigenvalue weighted by atomic mass is 35.5. The van der Waals surface area contributed by atoms with E-state index in [1.807, 2.05) is 6.92 Å². The zero-order valence-corrected chi connectivity index (χ0v) is 15.2. The number of benzene rings is 2. The number of halogens is 1. The SMILES string of the molecule is Cc1cc(OCC(=O)NCCc2ccc(S(N)(=O)=O)cc2)ccc1Cl. The van der Waals surface area contributed by atoms with Crippen molar-refractivity contribution in [3.05, 3.63) is 58.6 Å². The van der Waals surface area contributed by atoms with Gasteiger partial charge in [-0.25, -0.2) is 13.6 Å². The zero-order valence-electron chi connectivity index (χ0n) is 13.7. The fourth-order valence-corrected chi connectivity index (χ4v) is 2.73. The van der Waals surface area contributed by atoms with Crippen LogP contribution in [0.3, 0.4) is 0 Å². The topological polar surface area (TPSA) is 98.5 Å². The minimum atomic E-state index is -3.69. The second-order valence-corrected chi connectivity index (χ2v) is 7.46. The summed E-state index contributed by atoms with van der Waals surface area (Å²) >= 11 is 5.93. The molecule has 134 valence electrons. The van der Waals surface area contributed by atoms with Crippen LogP contribution in [-0.2, 0) is 21.2 Å². The van der Waals surface area contributed by atoms with Crippen molar-refractivity contribution in [2.24, 2.45) is 5.14 Å². The van der Waals surface area contributed by atoms with Crippen LogP contribution in [0.25, 0.3) is 0 Å². The molecule has 0 aliphatic carbocycles. The molecule has 0 aromatic heterocycles. The van der Waals surface area contributed by atoms with Crippen molar-refractivity contribution in [2.45, 2.75) is 18.2 Å². The summed E-state index contributed by atoms with van der Waals surface area (Å²) in [5, 5.41) is 8.42. The van der Waals surface area contributed by atoms with E-state index in [1.54, 1.807) is 30.3 Å².